The zero-order chi connectivity index (χ0) is 24.4. The highest BCUT2D eigenvalue weighted by Gasteiger charge is 2.19. The predicted octanol–water partition coefficient (Wildman–Crippen LogP) is 7.66. The SMILES string of the molecule is Cc1cc(NC(=O)NC(=O)c2c(F)cccc2Cl)cc(C)c1Oc1ccc(Cl)c2ccccc12. The third-order valence-corrected chi connectivity index (χ3v) is 5.82. The second kappa shape index (κ2) is 9.71. The molecular formula is C26H19Cl2FN2O3. The lowest BCUT2D eigenvalue weighted by molar-refractivity contribution is 0.0963. The number of amides is 3. The van der Waals surface area contributed by atoms with Crippen LogP contribution in [0.15, 0.2) is 66.7 Å². The number of rotatable bonds is 4. The highest BCUT2D eigenvalue weighted by molar-refractivity contribution is 6.35. The number of hydrogen-bond acceptors (Lipinski definition) is 3. The maximum absolute atomic E-state index is 13.9. The Bertz CT molecular complexity index is 1400. The molecule has 4 rings (SSSR count). The van der Waals surface area contributed by atoms with Crippen molar-refractivity contribution in [2.45, 2.75) is 13.8 Å². The molecule has 0 fully saturated rings. The second-order valence-electron chi connectivity index (χ2n) is 7.64. The minimum Gasteiger partial charge on any atom is -0.456 e. The molecule has 4 aromatic carbocycles. The first-order valence-corrected chi connectivity index (χ1v) is 11.0. The van der Waals surface area contributed by atoms with Gasteiger partial charge in [0.15, 0.2) is 0 Å². The van der Waals surface area contributed by atoms with E-state index in [1.807, 2.05) is 44.2 Å². The largest absolute Gasteiger partial charge is 0.456 e. The molecule has 0 aromatic heterocycles. The number of aryl methyl sites for hydroxylation is 2. The Hall–Kier alpha value is -3.61. The molecule has 0 bridgehead atoms. The van der Waals surface area contributed by atoms with E-state index in [2.05, 4.69) is 10.6 Å². The zero-order valence-corrected chi connectivity index (χ0v) is 19.7. The van der Waals surface area contributed by atoms with E-state index in [1.54, 1.807) is 18.2 Å². The van der Waals surface area contributed by atoms with Gasteiger partial charge in [-0.1, -0.05) is 53.5 Å². The number of anilines is 1. The molecule has 0 heterocycles. The fourth-order valence-electron chi connectivity index (χ4n) is 3.66. The molecule has 0 spiro atoms. The molecular weight excluding hydrogens is 478 g/mol. The number of ether oxygens (including phenoxy) is 1. The van der Waals surface area contributed by atoms with E-state index in [-0.39, 0.29) is 5.02 Å². The first-order valence-electron chi connectivity index (χ1n) is 10.3. The average molecular weight is 497 g/mol. The minimum atomic E-state index is -0.941. The molecule has 0 saturated carbocycles. The number of halogens is 3. The van der Waals surface area contributed by atoms with Crippen LogP contribution >= 0.6 is 23.2 Å². The number of carbonyl (C=O) groups is 2. The number of nitrogens with one attached hydrogen (secondary N) is 2. The predicted molar refractivity (Wildman–Crippen MR) is 133 cm³/mol. The number of hydrogen-bond donors (Lipinski definition) is 2. The zero-order valence-electron chi connectivity index (χ0n) is 18.2. The topological polar surface area (TPSA) is 67.4 Å². The lowest BCUT2D eigenvalue weighted by Crippen LogP contribution is -2.35. The summed E-state index contributed by atoms with van der Waals surface area (Å²) >= 11 is 12.2. The van der Waals surface area contributed by atoms with Gasteiger partial charge in [-0.3, -0.25) is 10.1 Å². The van der Waals surface area contributed by atoms with Gasteiger partial charge in [0.2, 0.25) is 0 Å². The van der Waals surface area contributed by atoms with Crippen LogP contribution in [0.25, 0.3) is 10.8 Å². The summed E-state index contributed by atoms with van der Waals surface area (Å²) in [6, 6.07) is 17.7. The summed E-state index contributed by atoms with van der Waals surface area (Å²) < 4.78 is 20.1. The third-order valence-electron chi connectivity index (χ3n) is 5.18. The van der Waals surface area contributed by atoms with Crippen LogP contribution in [0.3, 0.4) is 0 Å². The lowest BCUT2D eigenvalue weighted by Gasteiger charge is -2.16. The maximum atomic E-state index is 13.9. The van der Waals surface area contributed by atoms with Crippen molar-refractivity contribution in [3.8, 4) is 11.5 Å². The Balaban J connectivity index is 1.53. The molecule has 0 saturated heterocycles. The number of urea groups is 1. The normalized spacial score (nSPS) is 10.7. The van der Waals surface area contributed by atoms with Gasteiger partial charge in [0, 0.05) is 21.5 Å². The smallest absolute Gasteiger partial charge is 0.326 e. The molecule has 3 amide bonds. The van der Waals surface area contributed by atoms with Gasteiger partial charge in [-0.15, -0.1) is 0 Å². The number of benzene rings is 4. The van der Waals surface area contributed by atoms with Gasteiger partial charge in [-0.05, 0) is 61.4 Å². The van der Waals surface area contributed by atoms with E-state index in [0.29, 0.717) is 22.2 Å². The summed E-state index contributed by atoms with van der Waals surface area (Å²) in [6.45, 7) is 3.68. The van der Waals surface area contributed by atoms with Crippen LogP contribution in [-0.2, 0) is 0 Å². The van der Waals surface area contributed by atoms with Gasteiger partial charge in [-0.25, -0.2) is 9.18 Å². The van der Waals surface area contributed by atoms with Gasteiger partial charge in [0.05, 0.1) is 10.6 Å². The van der Waals surface area contributed by atoms with Crippen molar-refractivity contribution in [2.75, 3.05) is 5.32 Å². The molecule has 0 unspecified atom stereocenters. The molecule has 4 aromatic rings. The Morgan fingerprint density at radius 3 is 2.21 bits per heavy atom. The molecule has 0 aliphatic rings. The summed E-state index contributed by atoms with van der Waals surface area (Å²) in [5.74, 6) is -0.478. The van der Waals surface area contributed by atoms with Crippen molar-refractivity contribution in [1.82, 2.24) is 5.32 Å². The summed E-state index contributed by atoms with van der Waals surface area (Å²) in [5, 5.41) is 6.97. The van der Waals surface area contributed by atoms with Crippen LogP contribution < -0.4 is 15.4 Å². The molecule has 0 radical (unpaired) electrons. The number of carbonyl (C=O) groups excluding carboxylic acids is 2. The standard InChI is InChI=1S/C26H19Cl2FN2O3/c1-14-12-16(30-26(33)31-25(32)23-20(28)8-5-9-21(23)29)13-15(2)24(14)34-22-11-10-19(27)17-6-3-4-7-18(17)22/h3-13H,1-2H3,(H2,30,31,32,33). The first-order chi connectivity index (χ1) is 16.2. The van der Waals surface area contributed by atoms with Gasteiger partial charge in [0.25, 0.3) is 5.91 Å². The first kappa shape index (κ1) is 23.5. The third kappa shape index (κ3) is 4.83. The van der Waals surface area contributed by atoms with Crippen molar-refractivity contribution in [3.05, 3.63) is 99.3 Å². The van der Waals surface area contributed by atoms with Gasteiger partial charge in [0.1, 0.15) is 17.3 Å². The van der Waals surface area contributed by atoms with E-state index in [1.165, 1.54) is 12.1 Å². The highest BCUT2D eigenvalue weighted by Crippen LogP contribution is 2.37. The quantitative estimate of drug-likeness (QED) is 0.304. The lowest BCUT2D eigenvalue weighted by atomic mass is 10.1. The summed E-state index contributed by atoms with van der Waals surface area (Å²) in [5.41, 5.74) is 1.56. The monoisotopic (exact) mass is 496 g/mol. The molecule has 0 aliphatic carbocycles. The van der Waals surface area contributed by atoms with Gasteiger partial charge < -0.3 is 10.1 Å². The van der Waals surface area contributed by atoms with Crippen LogP contribution in [0.5, 0.6) is 11.5 Å². The fourth-order valence-corrected chi connectivity index (χ4v) is 4.14. The van der Waals surface area contributed by atoms with Gasteiger partial charge in [-0.2, -0.15) is 0 Å². The van der Waals surface area contributed by atoms with Crippen molar-refractivity contribution in [3.63, 3.8) is 0 Å². The van der Waals surface area contributed by atoms with Crippen LogP contribution in [0, 0.1) is 19.7 Å². The Morgan fingerprint density at radius 2 is 1.53 bits per heavy atom. The summed E-state index contributed by atoms with van der Waals surface area (Å²) in [4.78, 5) is 24.6. The molecule has 0 aliphatic heterocycles. The van der Waals surface area contributed by atoms with E-state index in [4.69, 9.17) is 27.9 Å². The van der Waals surface area contributed by atoms with Crippen LogP contribution in [0.1, 0.15) is 21.5 Å². The molecule has 0 atom stereocenters. The molecule has 2 N–H and O–H groups in total. The van der Waals surface area contributed by atoms with E-state index in [0.717, 1.165) is 28.0 Å². The number of fused-ring (bicyclic) bond motifs is 1. The van der Waals surface area contributed by atoms with Crippen molar-refractivity contribution in [1.29, 1.82) is 0 Å². The van der Waals surface area contributed by atoms with E-state index in [9.17, 15) is 14.0 Å². The van der Waals surface area contributed by atoms with Crippen LogP contribution in [-0.4, -0.2) is 11.9 Å². The second-order valence-corrected chi connectivity index (χ2v) is 8.45. The summed E-state index contributed by atoms with van der Waals surface area (Å²) in [7, 11) is 0. The van der Waals surface area contributed by atoms with Crippen molar-refractivity contribution >= 4 is 51.6 Å². The van der Waals surface area contributed by atoms with Crippen LogP contribution in [0.4, 0.5) is 14.9 Å². The summed E-state index contributed by atoms with van der Waals surface area (Å²) in [6.07, 6.45) is 0. The maximum Gasteiger partial charge on any atom is 0.326 e. The highest BCUT2D eigenvalue weighted by atomic mass is 35.5. The Kier molecular flexibility index (Phi) is 6.72. The van der Waals surface area contributed by atoms with Crippen LogP contribution in [0.2, 0.25) is 10.0 Å². The average Bonchev–Trinajstić information content (AvgIpc) is 2.77. The van der Waals surface area contributed by atoms with E-state index >= 15 is 0 Å². The minimum absolute atomic E-state index is 0.0896. The molecule has 5 nitrogen and oxygen atoms in total. The van der Waals surface area contributed by atoms with Crippen molar-refractivity contribution < 1.29 is 18.7 Å². The molecule has 8 heteroatoms. The Labute approximate surface area is 205 Å². The Morgan fingerprint density at radius 1 is 0.853 bits per heavy atom. The molecule has 34 heavy (non-hydrogen) atoms. The van der Waals surface area contributed by atoms with E-state index < -0.39 is 23.3 Å². The fraction of sp³-hybridized carbons (Fsp3) is 0.0769. The number of imide groups is 1. The molecule has 172 valence electrons. The van der Waals surface area contributed by atoms with Gasteiger partial charge >= 0.3 is 6.03 Å². The van der Waals surface area contributed by atoms with Crippen molar-refractivity contribution in [2.24, 2.45) is 0 Å².